The number of hydrogen-bond acceptors (Lipinski definition) is 5. The fourth-order valence-corrected chi connectivity index (χ4v) is 9.30. The third kappa shape index (κ3) is 53.4. The molecular formula is C62H117NO5. The monoisotopic (exact) mass is 956 g/mol. The Bertz CT molecular complexity index is 1100. The summed E-state index contributed by atoms with van der Waals surface area (Å²) < 4.78 is 5.43. The maximum Gasteiger partial charge on any atom is 0.305 e. The molecule has 2 atom stereocenters. The number of carbonyl (C=O) groups excluding carboxylic acids is 2. The van der Waals surface area contributed by atoms with E-state index in [-0.39, 0.29) is 18.5 Å². The summed E-state index contributed by atoms with van der Waals surface area (Å²) in [6, 6.07) is -0.630. The van der Waals surface area contributed by atoms with Crippen molar-refractivity contribution in [2.75, 3.05) is 13.2 Å². The summed E-state index contributed by atoms with van der Waals surface area (Å²) in [5.41, 5.74) is 0. The SMILES string of the molecule is CCCCCCCCCCC/C=C/C(O)C(CO)NC(=O)CCCCCCCCCCCCCCCC/C=C\C/C=C\CCOC(=O)CCCCCCCCCCCCCCCCCCCCC. The maximum atomic E-state index is 12.4. The number of ether oxygens (including phenoxy) is 1. The average Bonchev–Trinajstić information content (AvgIpc) is 3.34. The highest BCUT2D eigenvalue weighted by molar-refractivity contribution is 5.76. The summed E-state index contributed by atoms with van der Waals surface area (Å²) in [5.74, 6) is -0.105. The molecule has 2 unspecified atom stereocenters. The molecule has 0 saturated carbocycles. The van der Waals surface area contributed by atoms with Gasteiger partial charge in [-0.15, -0.1) is 0 Å². The van der Waals surface area contributed by atoms with Crippen LogP contribution >= 0.6 is 0 Å². The molecule has 0 aliphatic carbocycles. The van der Waals surface area contributed by atoms with Crippen LogP contribution in [0.5, 0.6) is 0 Å². The Kier molecular flexibility index (Phi) is 56.0. The number of aliphatic hydroxyl groups is 2. The molecule has 0 aromatic carbocycles. The second kappa shape index (κ2) is 57.7. The smallest absolute Gasteiger partial charge is 0.305 e. The predicted octanol–water partition coefficient (Wildman–Crippen LogP) is 18.8. The first kappa shape index (κ1) is 66.1. The van der Waals surface area contributed by atoms with Crippen molar-refractivity contribution in [3.63, 3.8) is 0 Å². The van der Waals surface area contributed by atoms with Gasteiger partial charge in [0.1, 0.15) is 0 Å². The second-order valence-electron chi connectivity index (χ2n) is 20.7. The third-order valence-electron chi connectivity index (χ3n) is 13.9. The van der Waals surface area contributed by atoms with E-state index in [1.807, 2.05) is 6.08 Å². The largest absolute Gasteiger partial charge is 0.465 e. The highest BCUT2D eigenvalue weighted by Gasteiger charge is 2.18. The molecule has 0 heterocycles. The van der Waals surface area contributed by atoms with E-state index >= 15 is 0 Å². The molecule has 0 aromatic heterocycles. The van der Waals surface area contributed by atoms with Crippen LogP contribution < -0.4 is 5.32 Å². The van der Waals surface area contributed by atoms with E-state index < -0.39 is 12.1 Å². The van der Waals surface area contributed by atoms with Crippen LogP contribution in [0.15, 0.2) is 36.5 Å². The lowest BCUT2D eigenvalue weighted by Crippen LogP contribution is -2.45. The molecule has 0 radical (unpaired) electrons. The second-order valence-corrected chi connectivity index (χ2v) is 20.7. The minimum absolute atomic E-state index is 0.0312. The summed E-state index contributed by atoms with van der Waals surface area (Å²) >= 11 is 0. The van der Waals surface area contributed by atoms with Gasteiger partial charge < -0.3 is 20.3 Å². The van der Waals surface area contributed by atoms with Crippen LogP contribution in [0.25, 0.3) is 0 Å². The molecule has 3 N–H and O–H groups in total. The van der Waals surface area contributed by atoms with Crippen LogP contribution in [0.3, 0.4) is 0 Å². The molecular weight excluding hydrogens is 839 g/mol. The fraction of sp³-hybridized carbons (Fsp3) is 0.871. The number of nitrogens with one attached hydrogen (secondary N) is 1. The van der Waals surface area contributed by atoms with Gasteiger partial charge in [-0.1, -0.05) is 294 Å². The van der Waals surface area contributed by atoms with Crippen molar-refractivity contribution >= 4 is 11.9 Å². The Balaban J connectivity index is 3.43. The Labute approximate surface area is 424 Å². The minimum Gasteiger partial charge on any atom is -0.465 e. The molecule has 0 aromatic rings. The lowest BCUT2D eigenvalue weighted by Gasteiger charge is -2.20. The van der Waals surface area contributed by atoms with E-state index in [9.17, 15) is 19.8 Å². The molecule has 6 heteroatoms. The zero-order valence-electron chi connectivity index (χ0n) is 45.6. The van der Waals surface area contributed by atoms with Gasteiger partial charge >= 0.3 is 5.97 Å². The fourth-order valence-electron chi connectivity index (χ4n) is 9.30. The first-order valence-corrected chi connectivity index (χ1v) is 30.3. The van der Waals surface area contributed by atoms with Gasteiger partial charge in [0.25, 0.3) is 0 Å². The molecule has 0 fully saturated rings. The van der Waals surface area contributed by atoms with Gasteiger partial charge in [-0.3, -0.25) is 9.59 Å². The van der Waals surface area contributed by atoms with Gasteiger partial charge in [0.2, 0.25) is 5.91 Å². The summed E-state index contributed by atoms with van der Waals surface area (Å²) in [6.07, 6.45) is 72.0. The van der Waals surface area contributed by atoms with Crippen molar-refractivity contribution in [3.05, 3.63) is 36.5 Å². The Morgan fingerprint density at radius 1 is 0.412 bits per heavy atom. The van der Waals surface area contributed by atoms with Crippen molar-refractivity contribution in [2.45, 2.75) is 334 Å². The van der Waals surface area contributed by atoms with E-state index in [4.69, 9.17) is 4.74 Å². The minimum atomic E-state index is -0.846. The third-order valence-corrected chi connectivity index (χ3v) is 13.9. The van der Waals surface area contributed by atoms with Crippen molar-refractivity contribution in [1.29, 1.82) is 0 Å². The van der Waals surface area contributed by atoms with Crippen molar-refractivity contribution in [3.8, 4) is 0 Å². The Morgan fingerprint density at radius 3 is 1.12 bits per heavy atom. The van der Waals surface area contributed by atoms with E-state index in [2.05, 4.69) is 43.5 Å². The summed E-state index contributed by atoms with van der Waals surface area (Å²) in [4.78, 5) is 24.5. The molecule has 1 amide bonds. The number of hydrogen-bond donors (Lipinski definition) is 3. The van der Waals surface area contributed by atoms with Crippen LogP contribution in [0.2, 0.25) is 0 Å². The number of allylic oxidation sites excluding steroid dienone is 4. The zero-order valence-corrected chi connectivity index (χ0v) is 45.6. The predicted molar refractivity (Wildman–Crippen MR) is 296 cm³/mol. The van der Waals surface area contributed by atoms with Gasteiger partial charge in [0.15, 0.2) is 0 Å². The first-order chi connectivity index (χ1) is 33.5. The molecule has 0 aliphatic heterocycles. The Morgan fingerprint density at radius 2 is 0.735 bits per heavy atom. The molecule has 0 aliphatic rings. The highest BCUT2D eigenvalue weighted by Crippen LogP contribution is 2.17. The normalized spacial score (nSPS) is 12.8. The summed E-state index contributed by atoms with van der Waals surface area (Å²) in [6.45, 7) is 4.80. The summed E-state index contributed by atoms with van der Waals surface area (Å²) in [5, 5.41) is 23.0. The highest BCUT2D eigenvalue weighted by atomic mass is 16.5. The maximum absolute atomic E-state index is 12.4. The van der Waals surface area contributed by atoms with E-state index in [1.54, 1.807) is 6.08 Å². The van der Waals surface area contributed by atoms with Gasteiger partial charge in [0.05, 0.1) is 25.4 Å². The molecule has 0 rings (SSSR count). The quantitative estimate of drug-likeness (QED) is 0.0321. The molecule has 6 nitrogen and oxygen atoms in total. The molecule has 400 valence electrons. The van der Waals surface area contributed by atoms with E-state index in [0.717, 1.165) is 51.4 Å². The first-order valence-electron chi connectivity index (χ1n) is 30.3. The number of aliphatic hydroxyl groups excluding tert-OH is 2. The molecule has 0 bridgehead atoms. The number of carbonyl (C=O) groups is 2. The van der Waals surface area contributed by atoms with Gasteiger partial charge in [-0.2, -0.15) is 0 Å². The topological polar surface area (TPSA) is 95.9 Å². The van der Waals surface area contributed by atoms with Gasteiger partial charge in [-0.05, 0) is 51.4 Å². The number of esters is 1. The van der Waals surface area contributed by atoms with Crippen LogP contribution in [0.1, 0.15) is 322 Å². The van der Waals surface area contributed by atoms with Crippen LogP contribution in [-0.2, 0) is 14.3 Å². The Hall–Kier alpha value is -1.92. The molecule has 0 saturated heterocycles. The van der Waals surface area contributed by atoms with Gasteiger partial charge in [0, 0.05) is 12.8 Å². The van der Waals surface area contributed by atoms with Crippen LogP contribution in [0, 0.1) is 0 Å². The molecule has 0 spiro atoms. The van der Waals surface area contributed by atoms with Crippen molar-refractivity contribution < 1.29 is 24.5 Å². The summed E-state index contributed by atoms with van der Waals surface area (Å²) in [7, 11) is 0. The zero-order chi connectivity index (χ0) is 49.3. The number of rotatable bonds is 56. The van der Waals surface area contributed by atoms with Crippen LogP contribution in [0.4, 0.5) is 0 Å². The van der Waals surface area contributed by atoms with E-state index in [1.165, 1.54) is 244 Å². The average molecular weight is 957 g/mol. The van der Waals surface area contributed by atoms with E-state index in [0.29, 0.717) is 19.4 Å². The van der Waals surface area contributed by atoms with Crippen molar-refractivity contribution in [2.24, 2.45) is 0 Å². The number of unbranched alkanes of at least 4 members (excludes halogenated alkanes) is 41. The molecule has 68 heavy (non-hydrogen) atoms. The number of amides is 1. The van der Waals surface area contributed by atoms with Gasteiger partial charge in [-0.25, -0.2) is 0 Å². The lowest BCUT2D eigenvalue weighted by molar-refractivity contribution is -0.143. The standard InChI is InChI=1S/C62H117NO5/c1-3-5-7-9-11-13-15-16-17-18-22-26-29-32-36-40-44-48-52-56-62(67)68-57-53-49-45-41-37-33-30-27-24-21-19-20-23-25-28-31-35-39-43-47-51-55-61(66)63-59(58-64)60(65)54-50-46-42-38-34-14-12-10-8-6-4-2/h33,37,45,49-50,54,59-60,64-65H,3-32,34-36,38-44,46-48,51-53,55-58H2,1-2H3,(H,63,66)/b37-33-,49-45-,54-50+. The lowest BCUT2D eigenvalue weighted by atomic mass is 10.0. The van der Waals surface area contributed by atoms with Crippen molar-refractivity contribution in [1.82, 2.24) is 5.32 Å². The van der Waals surface area contributed by atoms with Crippen LogP contribution in [-0.4, -0.2) is 47.4 Å².